The van der Waals surface area contributed by atoms with E-state index in [2.05, 4.69) is 25.2 Å². The first-order valence-corrected chi connectivity index (χ1v) is 10.2. The van der Waals surface area contributed by atoms with Gasteiger partial charge >= 0.3 is 6.18 Å². The minimum absolute atomic E-state index is 0.0360. The number of nitrogens with zero attached hydrogens (tertiary/aromatic N) is 4. The van der Waals surface area contributed by atoms with Crippen molar-refractivity contribution in [3.05, 3.63) is 35.7 Å². The van der Waals surface area contributed by atoms with E-state index in [0.29, 0.717) is 5.52 Å². The van der Waals surface area contributed by atoms with Crippen molar-refractivity contribution in [3.8, 4) is 11.5 Å². The summed E-state index contributed by atoms with van der Waals surface area (Å²) in [5.41, 5.74) is 0.860. The Hall–Kier alpha value is -3.10. The number of halogens is 3. The minimum atomic E-state index is -4.58. The van der Waals surface area contributed by atoms with Crippen molar-refractivity contribution in [2.24, 2.45) is 7.05 Å². The summed E-state index contributed by atoms with van der Waals surface area (Å²) >= 11 is 0. The van der Waals surface area contributed by atoms with Crippen molar-refractivity contribution in [2.75, 3.05) is 13.7 Å². The van der Waals surface area contributed by atoms with Crippen LogP contribution in [0.4, 0.5) is 13.2 Å². The highest BCUT2D eigenvalue weighted by atomic mass is 32.2. The number of imidazole rings is 1. The lowest BCUT2D eigenvalue weighted by Crippen LogP contribution is -2.27. The monoisotopic (exact) mass is 458 g/mol. The van der Waals surface area contributed by atoms with Crippen LogP contribution in [0.25, 0.3) is 22.6 Å². The van der Waals surface area contributed by atoms with Crippen molar-refractivity contribution in [3.63, 3.8) is 0 Å². The second-order valence-corrected chi connectivity index (χ2v) is 7.98. The summed E-state index contributed by atoms with van der Waals surface area (Å²) in [6, 6.07) is 2.93. The molecule has 2 heterocycles. The van der Waals surface area contributed by atoms with Crippen LogP contribution >= 0.6 is 0 Å². The highest BCUT2D eigenvalue weighted by molar-refractivity contribution is 7.89. The van der Waals surface area contributed by atoms with Crippen LogP contribution in [0.15, 0.2) is 29.4 Å². The van der Waals surface area contributed by atoms with Gasteiger partial charge in [0, 0.05) is 7.05 Å². The molecule has 3 rings (SSSR count). The van der Waals surface area contributed by atoms with Crippen LogP contribution < -0.4 is 10.2 Å². The number of carbonyl (C=O) groups is 1. The average Bonchev–Trinajstić information content (AvgIpc) is 3.06. The van der Waals surface area contributed by atoms with Gasteiger partial charge < -0.3 is 4.57 Å². The lowest BCUT2D eigenvalue weighted by molar-refractivity contribution is -0.137. The molecule has 0 unspecified atom stereocenters. The number of carbonyl (C=O) groups excluding carboxylic acids is 1. The summed E-state index contributed by atoms with van der Waals surface area (Å²) in [7, 11) is -1.51. The number of nitrogens with one attached hydrogen (secondary N) is 2. The zero-order valence-electron chi connectivity index (χ0n) is 16.5. The van der Waals surface area contributed by atoms with Gasteiger partial charge in [-0.25, -0.2) is 33.6 Å². The first-order chi connectivity index (χ1) is 14.5. The number of hydrogen-bond donors (Lipinski definition) is 2. The molecule has 1 amide bonds. The van der Waals surface area contributed by atoms with Gasteiger partial charge in [0.1, 0.15) is 11.4 Å². The normalized spacial score (nSPS) is 12.3. The van der Waals surface area contributed by atoms with Gasteiger partial charge in [0.15, 0.2) is 10.9 Å². The summed E-state index contributed by atoms with van der Waals surface area (Å²) in [5, 5.41) is -0.544. The zero-order valence-corrected chi connectivity index (χ0v) is 17.3. The predicted molar refractivity (Wildman–Crippen MR) is 102 cm³/mol. The van der Waals surface area contributed by atoms with Gasteiger partial charge in [0.25, 0.3) is 15.9 Å². The molecule has 0 spiro atoms. The van der Waals surface area contributed by atoms with Gasteiger partial charge in [0.05, 0.1) is 29.4 Å². The number of amides is 1. The van der Waals surface area contributed by atoms with E-state index in [4.69, 9.17) is 4.84 Å². The topological polar surface area (TPSA) is 128 Å². The molecule has 0 aliphatic rings. The molecule has 2 N–H and O–H groups in total. The molecule has 0 atom stereocenters. The maximum atomic E-state index is 13.1. The van der Waals surface area contributed by atoms with Crippen molar-refractivity contribution in [1.29, 1.82) is 0 Å². The number of rotatable bonds is 6. The van der Waals surface area contributed by atoms with E-state index in [1.807, 2.05) is 0 Å². The fraction of sp³-hybridized carbons (Fsp3) is 0.294. The zero-order chi connectivity index (χ0) is 23.0. The van der Waals surface area contributed by atoms with Crippen LogP contribution in [-0.4, -0.2) is 47.5 Å². The molecule has 10 nitrogen and oxygen atoms in total. The highest BCUT2D eigenvalue weighted by Gasteiger charge is 2.32. The van der Waals surface area contributed by atoms with Crippen LogP contribution in [0.3, 0.4) is 0 Å². The van der Waals surface area contributed by atoms with Gasteiger partial charge in [-0.05, 0) is 32.2 Å². The lowest BCUT2D eigenvalue weighted by atomic mass is 10.2. The van der Waals surface area contributed by atoms with Gasteiger partial charge in [-0.3, -0.25) is 9.63 Å². The highest BCUT2D eigenvalue weighted by Crippen LogP contribution is 2.33. The van der Waals surface area contributed by atoms with Crippen molar-refractivity contribution in [2.45, 2.75) is 18.1 Å². The molecule has 0 radical (unpaired) electrons. The maximum absolute atomic E-state index is 13.1. The van der Waals surface area contributed by atoms with E-state index in [1.54, 1.807) is 6.92 Å². The molecule has 3 aromatic rings. The Morgan fingerprint density at radius 1 is 1.26 bits per heavy atom. The number of hydroxylamine groups is 1. The van der Waals surface area contributed by atoms with E-state index in [0.717, 1.165) is 25.4 Å². The van der Waals surface area contributed by atoms with E-state index < -0.39 is 32.7 Å². The van der Waals surface area contributed by atoms with Gasteiger partial charge in [0.2, 0.25) is 0 Å². The second-order valence-electron chi connectivity index (χ2n) is 6.18. The summed E-state index contributed by atoms with van der Waals surface area (Å²) in [5.74, 6) is -0.885. The van der Waals surface area contributed by atoms with Gasteiger partial charge in [-0.1, -0.05) is 0 Å². The molecule has 0 saturated heterocycles. The van der Waals surface area contributed by atoms with Crippen LogP contribution in [0.2, 0.25) is 0 Å². The van der Waals surface area contributed by atoms with Crippen LogP contribution in [-0.2, 0) is 28.1 Å². The molecule has 14 heteroatoms. The maximum Gasteiger partial charge on any atom is 0.416 e. The van der Waals surface area contributed by atoms with Crippen molar-refractivity contribution >= 4 is 27.0 Å². The number of alkyl halides is 3. The second kappa shape index (κ2) is 8.20. The Kier molecular flexibility index (Phi) is 5.98. The fourth-order valence-corrected chi connectivity index (χ4v) is 3.48. The van der Waals surface area contributed by atoms with E-state index in [-0.39, 0.29) is 29.3 Å². The van der Waals surface area contributed by atoms with Crippen molar-refractivity contribution < 1.29 is 31.2 Å². The number of aromatic nitrogens is 4. The third kappa shape index (κ3) is 4.35. The van der Waals surface area contributed by atoms with Crippen LogP contribution in [0.5, 0.6) is 0 Å². The van der Waals surface area contributed by atoms with E-state index >= 15 is 0 Å². The minimum Gasteiger partial charge on any atom is -0.326 e. The Balaban J connectivity index is 2.25. The van der Waals surface area contributed by atoms with E-state index in [1.165, 1.54) is 17.7 Å². The molecular formula is C17H17F3N6O4S. The Labute approximate surface area is 174 Å². The fourth-order valence-electron chi connectivity index (χ4n) is 2.70. The van der Waals surface area contributed by atoms with Crippen molar-refractivity contribution in [1.82, 2.24) is 29.7 Å². The quantitative estimate of drug-likeness (QED) is 0.538. The molecule has 31 heavy (non-hydrogen) atoms. The van der Waals surface area contributed by atoms with Gasteiger partial charge in [-0.15, -0.1) is 0 Å². The summed E-state index contributed by atoms with van der Waals surface area (Å²) in [6.45, 7) is 1.80. The largest absolute Gasteiger partial charge is 0.416 e. The molecule has 166 valence electrons. The number of fused-ring (bicyclic) bond motifs is 1. The third-order valence-corrected chi connectivity index (χ3v) is 5.57. The smallest absolute Gasteiger partial charge is 0.326 e. The SMILES string of the molecule is CCONC(=O)c1cnc(S(=O)(=O)NC)c(-c2nc3cc(C(F)(F)F)ccc3n2C)n1. The Morgan fingerprint density at radius 2 is 1.97 bits per heavy atom. The Bertz CT molecular complexity index is 1260. The number of hydrogen-bond acceptors (Lipinski definition) is 7. The van der Waals surface area contributed by atoms with Crippen LogP contribution in [0.1, 0.15) is 23.0 Å². The van der Waals surface area contributed by atoms with Crippen LogP contribution in [0, 0.1) is 0 Å². The van der Waals surface area contributed by atoms with E-state index in [9.17, 15) is 26.4 Å². The van der Waals surface area contributed by atoms with Gasteiger partial charge in [-0.2, -0.15) is 13.2 Å². The standard InChI is InChI=1S/C17H17F3N6O4S/c1-4-30-25-15(27)11-8-22-16(31(28,29)21-2)13(23-11)14-24-10-7-9(17(18,19)20)5-6-12(10)26(14)3/h5-8,21H,4H2,1-3H3,(H,25,27). The summed E-state index contributed by atoms with van der Waals surface area (Å²) in [4.78, 5) is 29.0. The molecule has 0 aliphatic carbocycles. The first-order valence-electron chi connectivity index (χ1n) is 8.76. The lowest BCUT2D eigenvalue weighted by Gasteiger charge is -2.10. The molecular weight excluding hydrogens is 441 g/mol. The molecule has 2 aromatic heterocycles. The number of sulfonamides is 1. The average molecular weight is 458 g/mol. The third-order valence-electron chi connectivity index (χ3n) is 4.22. The number of benzene rings is 1. The molecule has 0 fully saturated rings. The number of aryl methyl sites for hydroxylation is 1. The summed E-state index contributed by atoms with van der Waals surface area (Å²) < 4.78 is 67.5. The first kappa shape index (κ1) is 22.6. The molecule has 0 aliphatic heterocycles. The Morgan fingerprint density at radius 3 is 2.58 bits per heavy atom. The molecule has 0 bridgehead atoms. The molecule has 1 aromatic carbocycles. The molecule has 0 saturated carbocycles. The predicted octanol–water partition coefficient (Wildman–Crippen LogP) is 1.64. The summed E-state index contributed by atoms with van der Waals surface area (Å²) in [6.07, 6.45) is -3.64.